The van der Waals surface area contributed by atoms with Crippen LogP contribution in [-0.2, 0) is 13.0 Å². The Morgan fingerprint density at radius 2 is 2.32 bits per heavy atom. The van der Waals surface area contributed by atoms with Crippen molar-refractivity contribution >= 4 is 32.8 Å². The summed E-state index contributed by atoms with van der Waals surface area (Å²) < 4.78 is 20.2. The van der Waals surface area contributed by atoms with Crippen LogP contribution < -0.4 is 11.1 Å². The van der Waals surface area contributed by atoms with Crippen molar-refractivity contribution in [3.63, 3.8) is 0 Å². The Morgan fingerprint density at radius 1 is 1.50 bits per heavy atom. The third-order valence-corrected chi connectivity index (χ3v) is 3.53. The summed E-state index contributed by atoms with van der Waals surface area (Å²) in [5.41, 5.74) is 6.60. The summed E-state index contributed by atoms with van der Waals surface area (Å²) in [6.07, 6.45) is 1.98. The van der Waals surface area contributed by atoms with E-state index in [1.165, 1.54) is 0 Å². The van der Waals surface area contributed by atoms with Gasteiger partial charge in [-0.1, -0.05) is 0 Å². The first-order valence-electron chi connectivity index (χ1n) is 6.80. The van der Waals surface area contributed by atoms with Crippen molar-refractivity contribution in [1.29, 1.82) is 0 Å². The van der Waals surface area contributed by atoms with Crippen molar-refractivity contribution in [2.24, 2.45) is 5.73 Å². The van der Waals surface area contributed by atoms with Crippen molar-refractivity contribution in [1.82, 2.24) is 15.0 Å². The van der Waals surface area contributed by atoms with Crippen LogP contribution in [0.1, 0.15) is 18.4 Å². The fourth-order valence-electron chi connectivity index (χ4n) is 2.26. The van der Waals surface area contributed by atoms with Crippen LogP contribution in [0.15, 0.2) is 27.5 Å². The number of hydrogen-bond donors (Lipinski definition) is 3. The number of hydrogen-bond acceptors (Lipinski definition) is 5. The molecule has 0 aliphatic carbocycles. The highest BCUT2D eigenvalue weighted by atomic mass is 79.9. The van der Waals surface area contributed by atoms with E-state index in [-0.39, 0.29) is 11.9 Å². The standard InChI is InChI=1S/C14H15BrFN5O/c1-7(17)5-9-11(16)10-12(18-6-8-3-2-4-22-8)20-14(15)21-13(10)19-9/h2-4,7H,5-6,17H2,1H3,(H2,18,19,20,21)/t7-/m0/s1. The molecular weight excluding hydrogens is 353 g/mol. The lowest BCUT2D eigenvalue weighted by Gasteiger charge is -2.05. The second-order valence-corrected chi connectivity index (χ2v) is 5.81. The van der Waals surface area contributed by atoms with Gasteiger partial charge in [0, 0.05) is 12.5 Å². The van der Waals surface area contributed by atoms with Crippen LogP contribution in [0.3, 0.4) is 0 Å². The number of nitrogens with zero attached hydrogens (tertiary/aromatic N) is 2. The Morgan fingerprint density at radius 3 is 3.00 bits per heavy atom. The van der Waals surface area contributed by atoms with Gasteiger partial charge >= 0.3 is 0 Å². The van der Waals surface area contributed by atoms with Gasteiger partial charge < -0.3 is 20.5 Å². The van der Waals surface area contributed by atoms with Crippen molar-refractivity contribution in [2.75, 3.05) is 5.32 Å². The number of fused-ring (bicyclic) bond motifs is 1. The summed E-state index contributed by atoms with van der Waals surface area (Å²) in [5.74, 6) is 0.759. The Kier molecular flexibility index (Phi) is 4.12. The zero-order valence-corrected chi connectivity index (χ0v) is 13.4. The fourth-order valence-corrected chi connectivity index (χ4v) is 2.61. The van der Waals surface area contributed by atoms with E-state index in [9.17, 15) is 4.39 Å². The molecule has 0 aliphatic rings. The first-order valence-corrected chi connectivity index (χ1v) is 7.59. The van der Waals surface area contributed by atoms with E-state index >= 15 is 0 Å². The molecule has 0 aliphatic heterocycles. The number of rotatable bonds is 5. The lowest BCUT2D eigenvalue weighted by atomic mass is 10.2. The lowest BCUT2D eigenvalue weighted by Crippen LogP contribution is -2.18. The van der Waals surface area contributed by atoms with Gasteiger partial charge in [0.1, 0.15) is 17.2 Å². The van der Waals surface area contributed by atoms with Crippen LogP contribution in [0.4, 0.5) is 10.2 Å². The molecule has 0 saturated heterocycles. The van der Waals surface area contributed by atoms with Gasteiger partial charge in [-0.25, -0.2) is 14.4 Å². The average molecular weight is 368 g/mol. The second-order valence-electron chi connectivity index (χ2n) is 5.10. The molecule has 22 heavy (non-hydrogen) atoms. The molecule has 4 N–H and O–H groups in total. The van der Waals surface area contributed by atoms with E-state index in [1.54, 1.807) is 12.3 Å². The van der Waals surface area contributed by atoms with Crippen molar-refractivity contribution in [3.8, 4) is 0 Å². The summed E-state index contributed by atoms with van der Waals surface area (Å²) in [5, 5.41) is 3.40. The molecule has 3 aromatic rings. The van der Waals surface area contributed by atoms with Crippen LogP contribution in [0.25, 0.3) is 11.0 Å². The van der Waals surface area contributed by atoms with Gasteiger partial charge in [-0.15, -0.1) is 0 Å². The molecule has 6 nitrogen and oxygen atoms in total. The smallest absolute Gasteiger partial charge is 0.200 e. The molecule has 0 saturated carbocycles. The lowest BCUT2D eigenvalue weighted by molar-refractivity contribution is 0.518. The van der Waals surface area contributed by atoms with Gasteiger partial charge in [0.05, 0.1) is 23.9 Å². The highest BCUT2D eigenvalue weighted by Crippen LogP contribution is 2.28. The minimum absolute atomic E-state index is 0.154. The molecule has 1 atom stereocenters. The third kappa shape index (κ3) is 2.97. The molecule has 0 unspecified atom stereocenters. The molecule has 0 radical (unpaired) electrons. The number of halogens is 2. The van der Waals surface area contributed by atoms with Crippen LogP contribution in [0.2, 0.25) is 0 Å². The maximum Gasteiger partial charge on any atom is 0.200 e. The molecule has 3 heterocycles. The molecule has 0 fully saturated rings. The Bertz CT molecular complexity index is 784. The van der Waals surface area contributed by atoms with Gasteiger partial charge in [0.15, 0.2) is 5.82 Å². The molecule has 0 bridgehead atoms. The Labute approximate surface area is 134 Å². The van der Waals surface area contributed by atoms with Crippen LogP contribution >= 0.6 is 15.9 Å². The summed E-state index contributed by atoms with van der Waals surface area (Å²) in [6, 6.07) is 3.47. The first-order chi connectivity index (χ1) is 10.5. The van der Waals surface area contributed by atoms with Crippen molar-refractivity contribution in [2.45, 2.75) is 25.9 Å². The van der Waals surface area contributed by atoms with Gasteiger partial charge in [0.2, 0.25) is 4.73 Å². The highest BCUT2D eigenvalue weighted by Gasteiger charge is 2.19. The van der Waals surface area contributed by atoms with Gasteiger partial charge in [-0.2, -0.15) is 0 Å². The summed E-state index contributed by atoms with van der Waals surface area (Å²) in [7, 11) is 0. The summed E-state index contributed by atoms with van der Waals surface area (Å²) in [4.78, 5) is 11.4. The van der Waals surface area contributed by atoms with Crippen LogP contribution in [0.5, 0.6) is 0 Å². The topological polar surface area (TPSA) is 92.8 Å². The summed E-state index contributed by atoms with van der Waals surface area (Å²) >= 11 is 3.23. The van der Waals surface area contributed by atoms with E-state index in [2.05, 4.69) is 36.2 Å². The van der Waals surface area contributed by atoms with E-state index in [1.807, 2.05) is 13.0 Å². The molecule has 3 rings (SSSR count). The number of H-pyrrole nitrogens is 1. The Balaban J connectivity index is 1.99. The average Bonchev–Trinajstić information content (AvgIpc) is 3.05. The van der Waals surface area contributed by atoms with E-state index in [0.29, 0.717) is 40.2 Å². The maximum absolute atomic E-state index is 14.6. The quantitative estimate of drug-likeness (QED) is 0.602. The van der Waals surface area contributed by atoms with E-state index < -0.39 is 0 Å². The van der Waals surface area contributed by atoms with Crippen LogP contribution in [-0.4, -0.2) is 21.0 Å². The van der Waals surface area contributed by atoms with Gasteiger partial charge in [-0.3, -0.25) is 0 Å². The normalized spacial score (nSPS) is 12.7. The molecule has 0 spiro atoms. The summed E-state index contributed by atoms with van der Waals surface area (Å²) in [6.45, 7) is 2.22. The molecule has 116 valence electrons. The predicted octanol–water partition coefficient (Wildman–Crippen LogP) is 2.95. The number of nitrogens with one attached hydrogen (secondary N) is 2. The maximum atomic E-state index is 14.6. The molecule has 0 amide bonds. The largest absolute Gasteiger partial charge is 0.467 e. The number of nitrogens with two attached hydrogens (primary N) is 1. The molecular formula is C14H15BrFN5O. The Hall–Kier alpha value is -1.93. The fraction of sp³-hybridized carbons (Fsp3) is 0.286. The number of furan rings is 1. The van der Waals surface area contributed by atoms with Crippen molar-refractivity contribution in [3.05, 3.63) is 40.4 Å². The zero-order chi connectivity index (χ0) is 15.7. The number of anilines is 1. The van der Waals surface area contributed by atoms with E-state index in [0.717, 1.165) is 5.76 Å². The van der Waals surface area contributed by atoms with Gasteiger partial charge in [0.25, 0.3) is 0 Å². The third-order valence-electron chi connectivity index (χ3n) is 3.17. The molecule has 0 aromatic carbocycles. The minimum atomic E-state index is -0.373. The predicted molar refractivity (Wildman–Crippen MR) is 84.9 cm³/mol. The van der Waals surface area contributed by atoms with Crippen LogP contribution in [0, 0.1) is 5.82 Å². The zero-order valence-electron chi connectivity index (χ0n) is 11.9. The van der Waals surface area contributed by atoms with E-state index in [4.69, 9.17) is 10.2 Å². The second kappa shape index (κ2) is 6.05. The number of aromatic amines is 1. The number of aromatic nitrogens is 3. The minimum Gasteiger partial charge on any atom is -0.467 e. The highest BCUT2D eigenvalue weighted by molar-refractivity contribution is 9.10. The van der Waals surface area contributed by atoms with Crippen molar-refractivity contribution < 1.29 is 8.81 Å². The SMILES string of the molecule is C[C@H](N)Cc1[nH]c2nc(Br)nc(NCc3ccco3)c2c1F. The molecule has 8 heteroatoms. The van der Waals surface area contributed by atoms with Gasteiger partial charge in [-0.05, 0) is 35.0 Å². The monoisotopic (exact) mass is 367 g/mol. The molecule has 3 aromatic heterocycles. The first kappa shape index (κ1) is 15.0.